The van der Waals surface area contributed by atoms with Crippen LogP contribution in [0.15, 0.2) is 18.2 Å². The summed E-state index contributed by atoms with van der Waals surface area (Å²) in [5, 5.41) is 17.2. The summed E-state index contributed by atoms with van der Waals surface area (Å²) >= 11 is 6.43. The zero-order valence-corrected chi connectivity index (χ0v) is 19.9. The van der Waals surface area contributed by atoms with E-state index in [-0.39, 0.29) is 28.0 Å². The minimum Gasteiger partial charge on any atom is -0.495 e. The molecule has 172 valence electrons. The van der Waals surface area contributed by atoms with Gasteiger partial charge in [0.1, 0.15) is 10.8 Å². The Hall–Kier alpha value is -3.25. The Labute approximate surface area is 194 Å². The second-order valence-corrected chi connectivity index (χ2v) is 7.88. The quantitative estimate of drug-likeness (QED) is 0.249. The lowest BCUT2D eigenvalue weighted by molar-refractivity contribution is -0.384. The molecular formula is C20H24N4O6S2. The monoisotopic (exact) mass is 480 g/mol. The normalized spacial score (nSPS) is 10.3. The third kappa shape index (κ3) is 5.32. The number of nitro groups is 1. The lowest BCUT2D eigenvalue weighted by Crippen LogP contribution is -2.30. The number of rotatable bonds is 8. The molecule has 12 heteroatoms. The van der Waals surface area contributed by atoms with Crippen molar-refractivity contribution in [3.63, 3.8) is 0 Å². The second-order valence-electron chi connectivity index (χ2n) is 6.45. The summed E-state index contributed by atoms with van der Waals surface area (Å²) in [7, 11) is 2.67. The van der Waals surface area contributed by atoms with Gasteiger partial charge < -0.3 is 25.0 Å². The van der Waals surface area contributed by atoms with Crippen molar-refractivity contribution in [2.45, 2.75) is 20.8 Å². The van der Waals surface area contributed by atoms with Crippen molar-refractivity contribution in [1.82, 2.24) is 4.90 Å². The number of anilines is 2. The van der Waals surface area contributed by atoms with Crippen LogP contribution >= 0.6 is 23.6 Å². The van der Waals surface area contributed by atoms with Crippen LogP contribution in [0.25, 0.3) is 0 Å². The highest BCUT2D eigenvalue weighted by atomic mass is 32.1. The standard InChI is InChI=1S/C20H24N4O6S2/c1-6-23(7-2)18(25)16-11(3)15(19(26)30-5)17(32-16)22-20(31)21-13-10-12(24(27)28)8-9-14(13)29-4/h8-10H,6-7H2,1-5H3,(H2,21,22,31). The smallest absolute Gasteiger partial charge is 0.341 e. The van der Waals surface area contributed by atoms with Crippen molar-refractivity contribution in [2.75, 3.05) is 37.9 Å². The van der Waals surface area contributed by atoms with Crippen LogP contribution in [0.4, 0.5) is 16.4 Å². The minimum absolute atomic E-state index is 0.0528. The fourth-order valence-corrected chi connectivity index (χ4v) is 4.42. The molecule has 1 heterocycles. The van der Waals surface area contributed by atoms with Gasteiger partial charge in [-0.25, -0.2) is 4.79 Å². The summed E-state index contributed by atoms with van der Waals surface area (Å²) in [4.78, 5) is 37.9. The van der Waals surface area contributed by atoms with Crippen molar-refractivity contribution < 1.29 is 24.0 Å². The molecule has 0 fully saturated rings. The van der Waals surface area contributed by atoms with Gasteiger partial charge in [-0.05, 0) is 44.6 Å². The molecule has 32 heavy (non-hydrogen) atoms. The first kappa shape index (κ1) is 25.0. The Morgan fingerprint density at radius 1 is 1.22 bits per heavy atom. The number of ether oxygens (including phenoxy) is 2. The molecule has 0 saturated carbocycles. The zero-order chi connectivity index (χ0) is 24.0. The van der Waals surface area contributed by atoms with Gasteiger partial charge in [-0.1, -0.05) is 0 Å². The van der Waals surface area contributed by atoms with E-state index in [2.05, 4.69) is 10.6 Å². The Morgan fingerprint density at radius 3 is 2.41 bits per heavy atom. The van der Waals surface area contributed by atoms with Crippen LogP contribution in [0.3, 0.4) is 0 Å². The number of nitrogens with zero attached hydrogens (tertiary/aromatic N) is 2. The summed E-state index contributed by atoms with van der Waals surface area (Å²) in [5.74, 6) is -0.474. The Morgan fingerprint density at radius 2 is 1.88 bits per heavy atom. The number of thiocarbonyl (C=S) groups is 1. The third-order valence-electron chi connectivity index (χ3n) is 4.65. The number of nitrogens with one attached hydrogen (secondary N) is 2. The first-order valence-corrected chi connectivity index (χ1v) is 10.8. The van der Waals surface area contributed by atoms with Gasteiger partial charge in [0.15, 0.2) is 5.11 Å². The molecular weight excluding hydrogens is 456 g/mol. The second kappa shape index (κ2) is 10.9. The summed E-state index contributed by atoms with van der Waals surface area (Å²) in [6, 6.07) is 4.03. The van der Waals surface area contributed by atoms with E-state index in [1.165, 1.54) is 32.4 Å². The van der Waals surface area contributed by atoms with Crippen LogP contribution in [0, 0.1) is 17.0 Å². The van der Waals surface area contributed by atoms with Gasteiger partial charge in [-0.3, -0.25) is 14.9 Å². The van der Waals surface area contributed by atoms with E-state index in [9.17, 15) is 19.7 Å². The molecule has 10 nitrogen and oxygen atoms in total. The number of non-ortho nitro benzene ring substituents is 1. The van der Waals surface area contributed by atoms with Gasteiger partial charge in [0.05, 0.1) is 35.3 Å². The predicted molar refractivity (Wildman–Crippen MR) is 127 cm³/mol. The molecule has 0 aliphatic rings. The van der Waals surface area contributed by atoms with Crippen LogP contribution in [0.2, 0.25) is 0 Å². The van der Waals surface area contributed by atoms with Gasteiger partial charge in [-0.2, -0.15) is 0 Å². The Kier molecular flexibility index (Phi) is 8.49. The maximum Gasteiger partial charge on any atom is 0.341 e. The third-order valence-corrected chi connectivity index (χ3v) is 6.05. The largest absolute Gasteiger partial charge is 0.495 e. The molecule has 1 amide bonds. The number of esters is 1. The molecule has 2 N–H and O–H groups in total. The van der Waals surface area contributed by atoms with E-state index >= 15 is 0 Å². The van der Waals surface area contributed by atoms with E-state index in [0.717, 1.165) is 11.3 Å². The molecule has 0 spiro atoms. The van der Waals surface area contributed by atoms with Gasteiger partial charge in [0, 0.05) is 25.2 Å². The van der Waals surface area contributed by atoms with Crippen molar-refractivity contribution in [3.8, 4) is 5.75 Å². The van der Waals surface area contributed by atoms with E-state index in [0.29, 0.717) is 34.3 Å². The number of benzene rings is 1. The number of hydrogen-bond donors (Lipinski definition) is 2. The summed E-state index contributed by atoms with van der Waals surface area (Å²) in [6.07, 6.45) is 0. The van der Waals surface area contributed by atoms with Crippen LogP contribution in [0.1, 0.15) is 39.4 Å². The number of methoxy groups -OCH3 is 2. The lowest BCUT2D eigenvalue weighted by Gasteiger charge is -2.18. The van der Waals surface area contributed by atoms with Crippen LogP contribution in [-0.2, 0) is 4.74 Å². The fraction of sp³-hybridized carbons (Fsp3) is 0.350. The maximum atomic E-state index is 12.9. The van der Waals surface area contributed by atoms with Crippen LogP contribution in [-0.4, -0.2) is 54.1 Å². The van der Waals surface area contributed by atoms with Crippen LogP contribution < -0.4 is 15.4 Å². The first-order valence-electron chi connectivity index (χ1n) is 9.59. The molecule has 0 unspecified atom stereocenters. The average molecular weight is 481 g/mol. The van der Waals surface area contributed by atoms with Crippen molar-refractivity contribution >= 4 is 56.9 Å². The number of carbonyl (C=O) groups excluding carboxylic acids is 2. The summed E-state index contributed by atoms with van der Waals surface area (Å²) < 4.78 is 10.1. The topological polar surface area (TPSA) is 123 Å². The molecule has 1 aromatic heterocycles. The molecule has 2 rings (SSSR count). The predicted octanol–water partition coefficient (Wildman–Crippen LogP) is 4.05. The first-order chi connectivity index (χ1) is 15.2. The molecule has 0 saturated heterocycles. The van der Waals surface area contributed by atoms with Crippen molar-refractivity contribution in [2.24, 2.45) is 0 Å². The maximum absolute atomic E-state index is 12.9. The summed E-state index contributed by atoms with van der Waals surface area (Å²) in [6.45, 7) is 6.46. The van der Waals surface area contributed by atoms with Gasteiger partial charge >= 0.3 is 5.97 Å². The molecule has 0 bridgehead atoms. The van der Waals surface area contributed by atoms with Crippen molar-refractivity contribution in [1.29, 1.82) is 0 Å². The number of hydrogen-bond acceptors (Lipinski definition) is 8. The molecule has 0 radical (unpaired) electrons. The molecule has 1 aromatic carbocycles. The number of thiophene rings is 1. The molecule has 0 aliphatic carbocycles. The Balaban J connectivity index is 2.40. The van der Waals surface area contributed by atoms with E-state index in [1.54, 1.807) is 11.8 Å². The highest BCUT2D eigenvalue weighted by molar-refractivity contribution is 7.80. The average Bonchev–Trinajstić information content (AvgIpc) is 3.09. The van der Waals surface area contributed by atoms with Gasteiger partial charge in [-0.15, -0.1) is 11.3 Å². The lowest BCUT2D eigenvalue weighted by atomic mass is 10.1. The van der Waals surface area contributed by atoms with E-state index in [4.69, 9.17) is 21.7 Å². The minimum atomic E-state index is -0.615. The number of nitro benzene ring substituents is 1. The summed E-state index contributed by atoms with van der Waals surface area (Å²) in [5.41, 5.74) is 0.803. The number of carbonyl (C=O) groups is 2. The van der Waals surface area contributed by atoms with E-state index < -0.39 is 10.9 Å². The molecule has 0 atom stereocenters. The van der Waals surface area contributed by atoms with Gasteiger partial charge in [0.25, 0.3) is 11.6 Å². The SMILES string of the molecule is CCN(CC)C(=O)c1sc(NC(=S)Nc2cc([N+](=O)[O-])ccc2OC)c(C(=O)OC)c1C. The highest BCUT2D eigenvalue weighted by Crippen LogP contribution is 2.35. The zero-order valence-electron chi connectivity index (χ0n) is 18.3. The highest BCUT2D eigenvalue weighted by Gasteiger charge is 2.27. The van der Waals surface area contributed by atoms with Crippen molar-refractivity contribution in [3.05, 3.63) is 44.3 Å². The molecule has 2 aromatic rings. The van der Waals surface area contributed by atoms with Crippen LogP contribution in [0.5, 0.6) is 5.75 Å². The molecule has 0 aliphatic heterocycles. The van der Waals surface area contributed by atoms with Gasteiger partial charge in [0.2, 0.25) is 0 Å². The number of amides is 1. The van der Waals surface area contributed by atoms with E-state index in [1.807, 2.05) is 13.8 Å². The Bertz CT molecular complexity index is 1050. The fourth-order valence-electron chi connectivity index (χ4n) is 2.97.